The lowest BCUT2D eigenvalue weighted by Crippen LogP contribution is -2.34. The Balaban J connectivity index is 2.26. The largest absolute Gasteiger partial charge is 0.469 e. The second-order valence-corrected chi connectivity index (χ2v) is 8.02. The van der Waals surface area contributed by atoms with Gasteiger partial charge in [-0.05, 0) is 61.6 Å². The third kappa shape index (κ3) is 3.43. The number of carbonyl (C=O) groups excluding carboxylic acids is 2. The van der Waals surface area contributed by atoms with E-state index in [1.54, 1.807) is 7.05 Å². The molecular formula is C23H27N3O3. The topological polar surface area (TPSA) is 91.6 Å². The molecule has 3 rings (SSSR count). The van der Waals surface area contributed by atoms with Gasteiger partial charge in [-0.1, -0.05) is 18.2 Å². The van der Waals surface area contributed by atoms with Gasteiger partial charge >= 0.3 is 5.97 Å². The Kier molecular flexibility index (Phi) is 5.55. The maximum Gasteiger partial charge on any atom is 0.312 e. The molecule has 6 nitrogen and oxygen atoms in total. The molecule has 0 fully saturated rings. The van der Waals surface area contributed by atoms with E-state index in [1.807, 2.05) is 51.1 Å². The molecule has 0 saturated carbocycles. The average Bonchev–Trinajstić information content (AvgIpc) is 3.08. The molecule has 1 aliphatic rings. The maximum absolute atomic E-state index is 12.7. The van der Waals surface area contributed by atoms with Crippen LogP contribution in [0.25, 0.3) is 0 Å². The molecule has 0 aromatic heterocycles. The van der Waals surface area contributed by atoms with Gasteiger partial charge in [0.15, 0.2) is 5.78 Å². The first-order valence-electron chi connectivity index (χ1n) is 9.69. The molecule has 2 aromatic rings. The van der Waals surface area contributed by atoms with Gasteiger partial charge in [-0.3, -0.25) is 9.59 Å². The Bertz CT molecular complexity index is 995. The number of carbonyl (C=O) groups is 2. The standard InChI is InChI=1S/C23H27N3O3/c1-13-16(9-10-18(25-4)21(13)26-24)20(23(2,3)22(28)29-5)15-7-6-14-8-11-19(27)17(14)12-15/h6-7,9-10,12,20,24-25H,8,11H2,1-5H3. The molecule has 0 spiro atoms. The number of anilines is 1. The SMILES string of the molecule is CNc1ccc(C(c2ccc3c(c2)C(=O)CC3)C(C)(C)C(=O)OC)c(C)c1N=N. The highest BCUT2D eigenvalue weighted by molar-refractivity contribution is 6.00. The number of hydrogen-bond acceptors (Lipinski definition) is 6. The van der Waals surface area contributed by atoms with E-state index in [1.165, 1.54) is 7.11 Å². The summed E-state index contributed by atoms with van der Waals surface area (Å²) in [6.45, 7) is 5.60. The highest BCUT2D eigenvalue weighted by atomic mass is 16.5. The van der Waals surface area contributed by atoms with Gasteiger partial charge in [0, 0.05) is 24.9 Å². The average molecular weight is 393 g/mol. The first kappa shape index (κ1) is 20.7. The fourth-order valence-electron chi connectivity index (χ4n) is 4.37. The van der Waals surface area contributed by atoms with Crippen molar-refractivity contribution in [2.45, 2.75) is 39.5 Å². The fourth-order valence-corrected chi connectivity index (χ4v) is 4.37. The van der Waals surface area contributed by atoms with E-state index in [2.05, 4.69) is 10.4 Å². The number of nitrogens with zero attached hydrogens (tertiary/aromatic N) is 1. The molecule has 152 valence electrons. The maximum atomic E-state index is 12.7. The molecule has 0 radical (unpaired) electrons. The smallest absolute Gasteiger partial charge is 0.312 e. The number of ketones is 1. The number of aryl methyl sites for hydroxylation is 1. The van der Waals surface area contributed by atoms with Gasteiger partial charge in [0.1, 0.15) is 5.69 Å². The third-order valence-corrected chi connectivity index (χ3v) is 5.99. The van der Waals surface area contributed by atoms with Crippen LogP contribution in [0.4, 0.5) is 11.4 Å². The number of ether oxygens (including phenoxy) is 1. The summed E-state index contributed by atoms with van der Waals surface area (Å²) < 4.78 is 5.12. The number of nitrogens with one attached hydrogen (secondary N) is 2. The van der Waals surface area contributed by atoms with Crippen LogP contribution >= 0.6 is 0 Å². The second kappa shape index (κ2) is 7.78. The van der Waals surface area contributed by atoms with E-state index in [0.29, 0.717) is 12.1 Å². The van der Waals surface area contributed by atoms with Crippen LogP contribution in [0.3, 0.4) is 0 Å². The fraction of sp³-hybridized carbons (Fsp3) is 0.391. The molecule has 6 heteroatoms. The summed E-state index contributed by atoms with van der Waals surface area (Å²) in [6, 6.07) is 9.73. The lowest BCUT2D eigenvalue weighted by Gasteiger charge is -2.34. The Hall–Kier alpha value is -3.02. The lowest BCUT2D eigenvalue weighted by molar-refractivity contribution is -0.151. The van der Waals surface area contributed by atoms with Crippen LogP contribution in [0.15, 0.2) is 35.4 Å². The van der Waals surface area contributed by atoms with E-state index in [-0.39, 0.29) is 17.7 Å². The first-order chi connectivity index (χ1) is 13.8. The summed E-state index contributed by atoms with van der Waals surface area (Å²) in [7, 11) is 3.17. The van der Waals surface area contributed by atoms with Gasteiger partial charge in [-0.25, -0.2) is 5.53 Å². The quantitative estimate of drug-likeness (QED) is 0.524. The molecule has 29 heavy (non-hydrogen) atoms. The zero-order chi connectivity index (χ0) is 21.3. The number of benzene rings is 2. The normalized spacial score (nSPS) is 14.3. The Morgan fingerprint density at radius 1 is 1.24 bits per heavy atom. The minimum absolute atomic E-state index is 0.139. The van der Waals surface area contributed by atoms with Gasteiger partial charge in [-0.15, -0.1) is 0 Å². The van der Waals surface area contributed by atoms with E-state index >= 15 is 0 Å². The minimum Gasteiger partial charge on any atom is -0.469 e. The molecule has 1 atom stereocenters. The van der Waals surface area contributed by atoms with Crippen LogP contribution in [-0.4, -0.2) is 25.9 Å². The Morgan fingerprint density at radius 3 is 2.59 bits per heavy atom. The number of Topliss-reactive ketones (excluding diaryl/α,β-unsaturated/α-hetero) is 1. The van der Waals surface area contributed by atoms with Crippen molar-refractivity contribution in [1.29, 1.82) is 5.53 Å². The number of fused-ring (bicyclic) bond motifs is 1. The molecular weight excluding hydrogens is 366 g/mol. The van der Waals surface area contributed by atoms with Crippen molar-refractivity contribution in [3.05, 3.63) is 58.1 Å². The summed E-state index contributed by atoms with van der Waals surface area (Å²) in [5.74, 6) is -0.559. The molecule has 0 heterocycles. The van der Waals surface area contributed by atoms with Crippen LogP contribution in [0.1, 0.15) is 58.8 Å². The van der Waals surface area contributed by atoms with Crippen molar-refractivity contribution >= 4 is 23.1 Å². The number of methoxy groups -OCH3 is 1. The predicted molar refractivity (Wildman–Crippen MR) is 112 cm³/mol. The first-order valence-corrected chi connectivity index (χ1v) is 9.69. The summed E-state index contributed by atoms with van der Waals surface area (Å²) >= 11 is 0. The van der Waals surface area contributed by atoms with Crippen molar-refractivity contribution in [2.24, 2.45) is 10.5 Å². The monoisotopic (exact) mass is 393 g/mol. The van der Waals surface area contributed by atoms with Crippen molar-refractivity contribution in [2.75, 3.05) is 19.5 Å². The van der Waals surface area contributed by atoms with Crippen molar-refractivity contribution in [1.82, 2.24) is 0 Å². The summed E-state index contributed by atoms with van der Waals surface area (Å²) in [4.78, 5) is 25.1. The number of rotatable bonds is 6. The molecule has 0 aliphatic heterocycles. The van der Waals surface area contributed by atoms with Gasteiger partial charge in [0.2, 0.25) is 0 Å². The summed E-state index contributed by atoms with van der Waals surface area (Å²) in [6.07, 6.45) is 1.29. The molecule has 0 bridgehead atoms. The van der Waals surface area contributed by atoms with Crippen LogP contribution in [0.5, 0.6) is 0 Å². The zero-order valence-electron chi connectivity index (χ0n) is 17.6. The van der Waals surface area contributed by atoms with Crippen LogP contribution in [0.2, 0.25) is 0 Å². The van der Waals surface area contributed by atoms with E-state index in [9.17, 15) is 9.59 Å². The van der Waals surface area contributed by atoms with Crippen molar-refractivity contribution < 1.29 is 14.3 Å². The molecule has 0 amide bonds. The third-order valence-electron chi connectivity index (χ3n) is 5.99. The van der Waals surface area contributed by atoms with E-state index in [0.717, 1.165) is 39.9 Å². The van der Waals surface area contributed by atoms with Gasteiger partial charge < -0.3 is 10.1 Å². The highest BCUT2D eigenvalue weighted by Gasteiger charge is 2.41. The predicted octanol–water partition coefficient (Wildman–Crippen LogP) is 5.16. The molecule has 1 unspecified atom stereocenters. The van der Waals surface area contributed by atoms with E-state index < -0.39 is 5.41 Å². The second-order valence-electron chi connectivity index (χ2n) is 8.02. The number of hydrogen-bond donors (Lipinski definition) is 2. The molecule has 2 aromatic carbocycles. The minimum atomic E-state index is -0.893. The zero-order valence-corrected chi connectivity index (χ0v) is 17.6. The van der Waals surface area contributed by atoms with Crippen LogP contribution in [-0.2, 0) is 16.0 Å². The molecule has 1 aliphatic carbocycles. The van der Waals surface area contributed by atoms with Crippen molar-refractivity contribution in [3.63, 3.8) is 0 Å². The Morgan fingerprint density at radius 2 is 1.97 bits per heavy atom. The highest BCUT2D eigenvalue weighted by Crippen LogP contribution is 2.46. The Labute approximate surface area is 171 Å². The van der Waals surface area contributed by atoms with Gasteiger partial charge in [0.05, 0.1) is 18.2 Å². The molecule has 2 N–H and O–H groups in total. The van der Waals surface area contributed by atoms with E-state index in [4.69, 9.17) is 10.3 Å². The summed E-state index contributed by atoms with van der Waals surface area (Å²) in [5, 5.41) is 6.77. The van der Waals surface area contributed by atoms with Gasteiger partial charge in [-0.2, -0.15) is 5.11 Å². The molecule has 0 saturated heterocycles. The number of esters is 1. The lowest BCUT2D eigenvalue weighted by atomic mass is 9.69. The van der Waals surface area contributed by atoms with Gasteiger partial charge in [0.25, 0.3) is 0 Å². The van der Waals surface area contributed by atoms with Crippen molar-refractivity contribution in [3.8, 4) is 0 Å². The van der Waals surface area contributed by atoms with Crippen LogP contribution in [0, 0.1) is 17.9 Å². The summed E-state index contributed by atoms with van der Waals surface area (Å²) in [5.41, 5.74) is 12.4. The van der Waals surface area contributed by atoms with Crippen LogP contribution < -0.4 is 5.32 Å².